The van der Waals surface area contributed by atoms with Gasteiger partial charge in [-0.15, -0.1) is 0 Å². The fraction of sp³-hybridized carbons (Fsp3) is 0.533. The van der Waals surface area contributed by atoms with Gasteiger partial charge >= 0.3 is 0 Å². The number of carbonyl (C=O) groups excluding carboxylic acids is 1. The Morgan fingerprint density at radius 1 is 1.17 bits per heavy atom. The van der Waals surface area contributed by atoms with Crippen molar-refractivity contribution >= 4 is 5.78 Å². The van der Waals surface area contributed by atoms with Crippen molar-refractivity contribution in [1.29, 1.82) is 0 Å². The minimum Gasteiger partial charge on any atom is -0.367 e. The Bertz CT molecular complexity index is 421. The molecule has 0 atom stereocenters. The van der Waals surface area contributed by atoms with E-state index in [1.807, 2.05) is 6.07 Å². The number of Topliss-reactive ketones (excluding diaryl/α,β-unsaturated/α-hetero) is 1. The van der Waals surface area contributed by atoms with E-state index in [9.17, 15) is 4.79 Å². The second-order valence-corrected chi connectivity index (χ2v) is 5.28. The Hall–Kier alpha value is -1.19. The highest BCUT2D eigenvalue weighted by atomic mass is 16.5. The molecule has 2 aliphatic heterocycles. The summed E-state index contributed by atoms with van der Waals surface area (Å²) >= 11 is 0. The molecule has 0 saturated carbocycles. The summed E-state index contributed by atoms with van der Waals surface area (Å²) in [7, 11) is 0. The lowest BCUT2D eigenvalue weighted by Gasteiger charge is -2.37. The molecule has 1 aromatic rings. The monoisotopic (exact) mass is 245 g/mol. The van der Waals surface area contributed by atoms with Crippen LogP contribution in [0.4, 0.5) is 0 Å². The molecule has 0 bridgehead atoms. The molecular weight excluding hydrogens is 226 g/mol. The first-order valence-electron chi connectivity index (χ1n) is 6.72. The van der Waals surface area contributed by atoms with Crippen molar-refractivity contribution in [2.75, 3.05) is 19.7 Å². The number of rotatable bonds is 2. The number of likely N-dealkylation sites (tertiary alicyclic amines) is 1. The van der Waals surface area contributed by atoms with E-state index in [1.165, 1.54) is 5.56 Å². The molecule has 1 aromatic carbocycles. The molecule has 0 unspecified atom stereocenters. The van der Waals surface area contributed by atoms with Crippen LogP contribution in [0.3, 0.4) is 0 Å². The molecule has 2 aliphatic rings. The molecule has 96 valence electrons. The molecule has 3 nitrogen and oxygen atoms in total. The zero-order valence-corrected chi connectivity index (χ0v) is 10.6. The standard InChI is InChI=1S/C15H19NO2/c17-14-6-11-18-15(14)7-9-16(10-8-15)12-13-4-2-1-3-5-13/h1-5H,6-12H2. The van der Waals surface area contributed by atoms with E-state index >= 15 is 0 Å². The van der Waals surface area contributed by atoms with Crippen LogP contribution in [0.5, 0.6) is 0 Å². The Morgan fingerprint density at radius 3 is 2.50 bits per heavy atom. The van der Waals surface area contributed by atoms with Gasteiger partial charge in [0.25, 0.3) is 0 Å². The van der Waals surface area contributed by atoms with Gasteiger partial charge < -0.3 is 4.74 Å². The lowest BCUT2D eigenvalue weighted by molar-refractivity contribution is -0.136. The SMILES string of the molecule is O=C1CCOC12CCN(Cc1ccccc1)CC2. The maximum atomic E-state index is 11.9. The van der Waals surface area contributed by atoms with Gasteiger partial charge in [-0.3, -0.25) is 9.69 Å². The van der Waals surface area contributed by atoms with Crippen molar-refractivity contribution in [3.8, 4) is 0 Å². The van der Waals surface area contributed by atoms with Gasteiger partial charge in [-0.05, 0) is 18.4 Å². The summed E-state index contributed by atoms with van der Waals surface area (Å²) in [5.74, 6) is 0.321. The molecule has 0 aliphatic carbocycles. The molecule has 1 spiro atoms. The van der Waals surface area contributed by atoms with Crippen LogP contribution in [-0.2, 0) is 16.1 Å². The first kappa shape index (κ1) is 11.9. The van der Waals surface area contributed by atoms with E-state index in [4.69, 9.17) is 4.74 Å². The minimum absolute atomic E-state index is 0.321. The van der Waals surface area contributed by atoms with Crippen LogP contribution in [0.2, 0.25) is 0 Å². The highest BCUT2D eigenvalue weighted by Gasteiger charge is 2.45. The molecular formula is C15H19NO2. The number of benzene rings is 1. The molecule has 3 heteroatoms. The third-order valence-electron chi connectivity index (χ3n) is 4.13. The second kappa shape index (κ2) is 4.82. The van der Waals surface area contributed by atoms with E-state index in [2.05, 4.69) is 29.2 Å². The van der Waals surface area contributed by atoms with Crippen LogP contribution >= 0.6 is 0 Å². The molecule has 3 rings (SSSR count). The summed E-state index contributed by atoms with van der Waals surface area (Å²) in [5, 5.41) is 0. The fourth-order valence-electron chi connectivity index (χ4n) is 2.98. The lowest BCUT2D eigenvalue weighted by Crippen LogP contribution is -2.47. The van der Waals surface area contributed by atoms with Crippen LogP contribution < -0.4 is 0 Å². The summed E-state index contributed by atoms with van der Waals surface area (Å²) in [6.45, 7) is 3.52. The van der Waals surface area contributed by atoms with E-state index in [0.717, 1.165) is 32.5 Å². The van der Waals surface area contributed by atoms with Gasteiger partial charge in [-0.2, -0.15) is 0 Å². The summed E-state index contributed by atoms with van der Waals surface area (Å²) < 4.78 is 5.72. The summed E-state index contributed by atoms with van der Waals surface area (Å²) in [4.78, 5) is 14.3. The Kier molecular flexibility index (Phi) is 3.18. The molecule has 0 N–H and O–H groups in total. The molecule has 0 radical (unpaired) electrons. The number of piperidine rings is 1. The number of hydrogen-bond donors (Lipinski definition) is 0. The van der Waals surface area contributed by atoms with E-state index < -0.39 is 5.60 Å². The molecule has 2 fully saturated rings. The first-order chi connectivity index (χ1) is 8.78. The number of hydrogen-bond acceptors (Lipinski definition) is 3. The van der Waals surface area contributed by atoms with Crippen molar-refractivity contribution in [2.45, 2.75) is 31.4 Å². The highest BCUT2D eigenvalue weighted by molar-refractivity contribution is 5.89. The van der Waals surface area contributed by atoms with E-state index in [-0.39, 0.29) is 0 Å². The third kappa shape index (κ3) is 2.20. The summed E-state index contributed by atoms with van der Waals surface area (Å²) in [6, 6.07) is 10.5. The normalized spacial score (nSPS) is 23.7. The van der Waals surface area contributed by atoms with Crippen LogP contribution in [0.15, 0.2) is 30.3 Å². The molecule has 2 heterocycles. The van der Waals surface area contributed by atoms with Gasteiger partial charge in [0, 0.05) is 26.1 Å². The zero-order chi connectivity index (χ0) is 12.4. The Labute approximate surface area is 108 Å². The van der Waals surface area contributed by atoms with Crippen LogP contribution in [0.25, 0.3) is 0 Å². The minimum atomic E-state index is -0.423. The van der Waals surface area contributed by atoms with Crippen molar-refractivity contribution < 1.29 is 9.53 Å². The van der Waals surface area contributed by atoms with Gasteiger partial charge in [0.15, 0.2) is 5.78 Å². The lowest BCUT2D eigenvalue weighted by atomic mass is 9.87. The van der Waals surface area contributed by atoms with Crippen LogP contribution in [-0.4, -0.2) is 36.0 Å². The number of carbonyl (C=O) groups is 1. The average molecular weight is 245 g/mol. The fourth-order valence-corrected chi connectivity index (χ4v) is 2.98. The summed E-state index contributed by atoms with van der Waals surface area (Å²) in [5.41, 5.74) is 0.916. The van der Waals surface area contributed by atoms with Crippen molar-refractivity contribution in [2.24, 2.45) is 0 Å². The quantitative estimate of drug-likeness (QED) is 0.798. The van der Waals surface area contributed by atoms with E-state index in [1.54, 1.807) is 0 Å². The van der Waals surface area contributed by atoms with Crippen molar-refractivity contribution in [1.82, 2.24) is 4.90 Å². The van der Waals surface area contributed by atoms with Gasteiger partial charge in [0.2, 0.25) is 0 Å². The first-order valence-corrected chi connectivity index (χ1v) is 6.72. The number of nitrogens with zero attached hydrogens (tertiary/aromatic N) is 1. The Balaban J connectivity index is 1.59. The van der Waals surface area contributed by atoms with Crippen molar-refractivity contribution in [3.63, 3.8) is 0 Å². The van der Waals surface area contributed by atoms with Gasteiger partial charge in [0.05, 0.1) is 6.61 Å². The van der Waals surface area contributed by atoms with Gasteiger partial charge in [-0.1, -0.05) is 30.3 Å². The van der Waals surface area contributed by atoms with E-state index in [0.29, 0.717) is 18.8 Å². The summed E-state index contributed by atoms with van der Waals surface area (Å²) in [6.07, 6.45) is 2.33. The molecule has 0 aromatic heterocycles. The largest absolute Gasteiger partial charge is 0.367 e. The molecule has 0 amide bonds. The van der Waals surface area contributed by atoms with Crippen molar-refractivity contribution in [3.05, 3.63) is 35.9 Å². The predicted molar refractivity (Wildman–Crippen MR) is 69.3 cm³/mol. The number of ketones is 1. The molecule has 2 saturated heterocycles. The van der Waals surface area contributed by atoms with Gasteiger partial charge in [0.1, 0.15) is 5.60 Å². The Morgan fingerprint density at radius 2 is 1.89 bits per heavy atom. The molecule has 18 heavy (non-hydrogen) atoms. The van der Waals surface area contributed by atoms with Crippen LogP contribution in [0, 0.1) is 0 Å². The zero-order valence-electron chi connectivity index (χ0n) is 10.6. The third-order valence-corrected chi connectivity index (χ3v) is 4.13. The highest BCUT2D eigenvalue weighted by Crippen LogP contribution is 2.33. The number of ether oxygens (including phenoxy) is 1. The smallest absolute Gasteiger partial charge is 0.167 e. The maximum absolute atomic E-state index is 11.9. The average Bonchev–Trinajstić information content (AvgIpc) is 2.75. The topological polar surface area (TPSA) is 29.5 Å². The second-order valence-electron chi connectivity index (χ2n) is 5.28. The van der Waals surface area contributed by atoms with Gasteiger partial charge in [-0.25, -0.2) is 0 Å². The predicted octanol–water partition coefficient (Wildman–Crippen LogP) is 2.01. The van der Waals surface area contributed by atoms with Crippen LogP contribution in [0.1, 0.15) is 24.8 Å². The maximum Gasteiger partial charge on any atom is 0.167 e.